The van der Waals surface area contributed by atoms with Gasteiger partial charge in [0.2, 0.25) is 0 Å². The Hall–Kier alpha value is -1.91. The number of aromatic amines is 1. The molecule has 0 saturated heterocycles. The lowest BCUT2D eigenvalue weighted by molar-refractivity contribution is 0.585. The summed E-state index contributed by atoms with van der Waals surface area (Å²) in [6.45, 7) is 2.17. The van der Waals surface area contributed by atoms with Crippen molar-refractivity contribution in [3.05, 3.63) is 35.5 Å². The van der Waals surface area contributed by atoms with Gasteiger partial charge in [0.05, 0.1) is 0 Å². The van der Waals surface area contributed by atoms with E-state index in [2.05, 4.69) is 17.1 Å². The predicted molar refractivity (Wildman–Crippen MR) is 80.8 cm³/mol. The van der Waals surface area contributed by atoms with Crippen LogP contribution in [0.4, 0.5) is 14.6 Å². The summed E-state index contributed by atoms with van der Waals surface area (Å²) in [5, 5.41) is 6.83. The van der Waals surface area contributed by atoms with Crippen molar-refractivity contribution in [2.45, 2.75) is 45.4 Å². The normalized spacial score (nSPS) is 11.0. The molecule has 0 radical (unpaired) electrons. The molecule has 0 fully saturated rings. The van der Waals surface area contributed by atoms with Gasteiger partial charge in [-0.05, 0) is 25.0 Å². The maximum atomic E-state index is 13.9. The predicted octanol–water partition coefficient (Wildman–Crippen LogP) is 4.45. The molecule has 1 aromatic carbocycles. The molecule has 2 rings (SSSR count). The number of aryl methyl sites for hydroxylation is 1. The highest BCUT2D eigenvalue weighted by atomic mass is 19.1. The van der Waals surface area contributed by atoms with Gasteiger partial charge in [-0.15, -0.1) is 0 Å². The molecule has 0 unspecified atom stereocenters. The number of benzene rings is 1. The van der Waals surface area contributed by atoms with Crippen molar-refractivity contribution in [1.82, 2.24) is 10.2 Å². The molecule has 2 aromatic rings. The lowest BCUT2D eigenvalue weighted by Gasteiger charge is -2.06. The lowest BCUT2D eigenvalue weighted by atomic mass is 10.0. The first-order valence-corrected chi connectivity index (χ1v) is 7.41. The minimum atomic E-state index is -0.615. The Labute approximate surface area is 123 Å². The summed E-state index contributed by atoms with van der Waals surface area (Å²) in [7, 11) is 0. The molecule has 1 heterocycles. The fourth-order valence-electron chi connectivity index (χ4n) is 2.47. The van der Waals surface area contributed by atoms with Gasteiger partial charge in [-0.2, -0.15) is 5.10 Å². The molecule has 0 bridgehead atoms. The van der Waals surface area contributed by atoms with Gasteiger partial charge in [0.25, 0.3) is 0 Å². The van der Waals surface area contributed by atoms with Crippen molar-refractivity contribution < 1.29 is 8.78 Å². The molecule has 5 heteroatoms. The standard InChI is InChI=1S/C16H21F2N3/c1-2-3-4-5-6-7-14-15(16(19)21-20-14)12-9-8-11(17)10-13(12)18/h8-10H,2-7H2,1H3,(H3,19,20,21). The molecule has 0 spiro atoms. The highest BCUT2D eigenvalue weighted by molar-refractivity contribution is 5.76. The summed E-state index contributed by atoms with van der Waals surface area (Å²) in [5.74, 6) is -0.959. The number of unbranched alkanes of at least 4 members (excludes halogenated alkanes) is 4. The maximum Gasteiger partial charge on any atom is 0.153 e. The van der Waals surface area contributed by atoms with E-state index in [1.165, 1.54) is 31.4 Å². The van der Waals surface area contributed by atoms with E-state index in [0.29, 0.717) is 11.1 Å². The van der Waals surface area contributed by atoms with Gasteiger partial charge in [-0.25, -0.2) is 8.78 Å². The third-order valence-electron chi connectivity index (χ3n) is 3.60. The number of H-pyrrole nitrogens is 1. The van der Waals surface area contributed by atoms with Crippen LogP contribution in [0.2, 0.25) is 0 Å². The zero-order chi connectivity index (χ0) is 15.2. The highest BCUT2D eigenvalue weighted by Crippen LogP contribution is 2.31. The molecule has 0 aliphatic carbocycles. The number of hydrogen-bond acceptors (Lipinski definition) is 2. The first-order valence-electron chi connectivity index (χ1n) is 7.41. The number of nitrogens with two attached hydrogens (primary N) is 1. The van der Waals surface area contributed by atoms with E-state index >= 15 is 0 Å². The van der Waals surface area contributed by atoms with Crippen molar-refractivity contribution in [1.29, 1.82) is 0 Å². The van der Waals surface area contributed by atoms with Crippen LogP contribution in [0.25, 0.3) is 11.1 Å². The van der Waals surface area contributed by atoms with Crippen molar-refractivity contribution in [2.24, 2.45) is 0 Å². The van der Waals surface area contributed by atoms with Gasteiger partial charge in [0.1, 0.15) is 11.6 Å². The highest BCUT2D eigenvalue weighted by Gasteiger charge is 2.16. The number of hydrogen-bond donors (Lipinski definition) is 2. The minimum Gasteiger partial charge on any atom is -0.382 e. The molecule has 1 aromatic heterocycles. The molecule has 0 aliphatic heterocycles. The second-order valence-corrected chi connectivity index (χ2v) is 5.25. The zero-order valence-electron chi connectivity index (χ0n) is 12.3. The van der Waals surface area contributed by atoms with Crippen LogP contribution in [0.1, 0.15) is 44.7 Å². The Morgan fingerprint density at radius 3 is 2.62 bits per heavy atom. The Bertz CT molecular complexity index is 593. The summed E-state index contributed by atoms with van der Waals surface area (Å²) in [5.41, 5.74) is 7.50. The Morgan fingerprint density at radius 1 is 1.14 bits per heavy atom. The first kappa shape index (κ1) is 15.5. The van der Waals surface area contributed by atoms with Crippen LogP contribution in [-0.4, -0.2) is 10.2 Å². The SMILES string of the molecule is CCCCCCCc1[nH]nc(N)c1-c1ccc(F)cc1F. The van der Waals surface area contributed by atoms with Crippen LogP contribution in [0.15, 0.2) is 18.2 Å². The van der Waals surface area contributed by atoms with E-state index in [1.807, 2.05) is 0 Å². The molecule has 114 valence electrons. The maximum absolute atomic E-state index is 13.9. The molecule has 21 heavy (non-hydrogen) atoms. The fourth-order valence-corrected chi connectivity index (χ4v) is 2.47. The van der Waals surface area contributed by atoms with E-state index in [1.54, 1.807) is 0 Å². The van der Waals surface area contributed by atoms with Gasteiger partial charge in [0.15, 0.2) is 5.82 Å². The van der Waals surface area contributed by atoms with E-state index in [-0.39, 0.29) is 5.82 Å². The molecule has 3 nitrogen and oxygen atoms in total. The van der Waals surface area contributed by atoms with E-state index in [9.17, 15) is 8.78 Å². The molecule has 3 N–H and O–H groups in total. The average molecular weight is 293 g/mol. The van der Waals surface area contributed by atoms with Crippen LogP contribution in [0, 0.1) is 11.6 Å². The van der Waals surface area contributed by atoms with Crippen LogP contribution < -0.4 is 5.73 Å². The van der Waals surface area contributed by atoms with Gasteiger partial charge >= 0.3 is 0 Å². The summed E-state index contributed by atoms with van der Waals surface area (Å²) >= 11 is 0. The summed E-state index contributed by atoms with van der Waals surface area (Å²) in [6.07, 6.45) is 6.50. The summed E-state index contributed by atoms with van der Waals surface area (Å²) < 4.78 is 26.9. The third kappa shape index (κ3) is 3.80. The zero-order valence-corrected chi connectivity index (χ0v) is 12.3. The van der Waals surface area contributed by atoms with E-state index in [4.69, 9.17) is 5.73 Å². The largest absolute Gasteiger partial charge is 0.382 e. The average Bonchev–Trinajstić information content (AvgIpc) is 2.80. The second-order valence-electron chi connectivity index (χ2n) is 5.25. The van der Waals surface area contributed by atoms with Crippen molar-refractivity contribution >= 4 is 5.82 Å². The van der Waals surface area contributed by atoms with Gasteiger partial charge in [-0.3, -0.25) is 5.10 Å². The second kappa shape index (κ2) is 7.20. The fraction of sp³-hybridized carbons (Fsp3) is 0.438. The van der Waals surface area contributed by atoms with Crippen LogP contribution in [0.5, 0.6) is 0 Å². The quantitative estimate of drug-likeness (QED) is 0.741. The van der Waals surface area contributed by atoms with Crippen molar-refractivity contribution in [3.63, 3.8) is 0 Å². The molecule has 0 aliphatic rings. The Balaban J connectivity index is 2.14. The third-order valence-corrected chi connectivity index (χ3v) is 3.60. The smallest absolute Gasteiger partial charge is 0.153 e. The number of nitrogen functional groups attached to an aromatic ring is 1. The number of halogens is 2. The number of anilines is 1. The molecular formula is C16H21F2N3. The molecule has 0 saturated carbocycles. The Kier molecular flexibility index (Phi) is 5.31. The van der Waals surface area contributed by atoms with Crippen LogP contribution >= 0.6 is 0 Å². The van der Waals surface area contributed by atoms with Gasteiger partial charge in [-0.1, -0.05) is 32.6 Å². The van der Waals surface area contributed by atoms with Crippen molar-refractivity contribution in [3.8, 4) is 11.1 Å². The Morgan fingerprint density at radius 2 is 1.90 bits per heavy atom. The number of aromatic nitrogens is 2. The summed E-state index contributed by atoms with van der Waals surface area (Å²) in [4.78, 5) is 0. The monoisotopic (exact) mass is 293 g/mol. The van der Waals surface area contributed by atoms with Crippen molar-refractivity contribution in [2.75, 3.05) is 5.73 Å². The lowest BCUT2D eigenvalue weighted by Crippen LogP contribution is -1.95. The molecular weight excluding hydrogens is 272 g/mol. The number of nitrogens with zero attached hydrogens (tertiary/aromatic N) is 1. The first-order chi connectivity index (χ1) is 10.1. The summed E-state index contributed by atoms with van der Waals surface area (Å²) in [6, 6.07) is 3.51. The van der Waals surface area contributed by atoms with Gasteiger partial charge in [0, 0.05) is 22.9 Å². The van der Waals surface area contributed by atoms with Crippen LogP contribution in [-0.2, 0) is 6.42 Å². The van der Waals surface area contributed by atoms with Crippen LogP contribution in [0.3, 0.4) is 0 Å². The van der Waals surface area contributed by atoms with Gasteiger partial charge < -0.3 is 5.73 Å². The molecule has 0 amide bonds. The number of nitrogens with one attached hydrogen (secondary N) is 1. The molecule has 0 atom stereocenters. The van der Waals surface area contributed by atoms with E-state index in [0.717, 1.165) is 31.0 Å². The van der Waals surface area contributed by atoms with E-state index < -0.39 is 11.6 Å². The number of rotatable bonds is 7. The topological polar surface area (TPSA) is 54.7 Å². The minimum absolute atomic E-state index is 0.254.